The second kappa shape index (κ2) is 23.5. The summed E-state index contributed by atoms with van der Waals surface area (Å²) < 4.78 is 35.7. The first-order valence-corrected chi connectivity index (χ1v) is 25.4. The van der Waals surface area contributed by atoms with Crippen LogP contribution < -0.4 is 30.7 Å². The number of rotatable bonds is 16. The Labute approximate surface area is 415 Å². The van der Waals surface area contributed by atoms with Crippen molar-refractivity contribution in [3.05, 3.63) is 189 Å². The monoisotopic (exact) mass is 1010 g/mol. The van der Waals surface area contributed by atoms with Gasteiger partial charge in [0.2, 0.25) is 9.84 Å². The van der Waals surface area contributed by atoms with Crippen molar-refractivity contribution < 1.29 is 37.1 Å². The molecule has 0 aliphatic heterocycles. The highest BCUT2D eigenvalue weighted by Crippen LogP contribution is 2.30. The molecule has 16 nitrogen and oxygen atoms in total. The molecule has 4 amide bonds. The minimum Gasteiger partial charge on any atom is -0.496 e. The van der Waals surface area contributed by atoms with Crippen molar-refractivity contribution in [1.82, 2.24) is 19.9 Å². The van der Waals surface area contributed by atoms with Crippen LogP contribution in [0.5, 0.6) is 11.5 Å². The van der Waals surface area contributed by atoms with Gasteiger partial charge in [-0.25, -0.2) is 37.9 Å². The molecule has 0 radical (unpaired) electrons. The minimum atomic E-state index is -3.65. The van der Waals surface area contributed by atoms with E-state index < -0.39 is 21.9 Å². The molecule has 0 bridgehead atoms. The van der Waals surface area contributed by atoms with Crippen molar-refractivity contribution in [2.45, 2.75) is 35.4 Å². The number of nitrogens with one attached hydrogen (secondary N) is 4. The predicted molar refractivity (Wildman–Crippen MR) is 274 cm³/mol. The average Bonchev–Trinajstić information content (AvgIpc) is 4.02. The Bertz CT molecular complexity index is 3260. The second-order valence-electron chi connectivity index (χ2n) is 15.0. The van der Waals surface area contributed by atoms with Crippen molar-refractivity contribution in [2.75, 3.05) is 35.5 Å². The molecule has 0 aliphatic rings. The summed E-state index contributed by atoms with van der Waals surface area (Å²) in [5.74, 6) is 0.773. The predicted octanol–water partition coefficient (Wildman–Crippen LogP) is 10.7. The highest BCUT2D eigenvalue weighted by atomic mass is 32.2. The van der Waals surface area contributed by atoms with Gasteiger partial charge in [0.1, 0.15) is 11.5 Å². The number of carbonyl (C=O) groups excluding carboxylic acids is 4. The molecule has 0 saturated carbocycles. The third-order valence-electron chi connectivity index (χ3n) is 9.88. The van der Waals surface area contributed by atoms with Gasteiger partial charge < -0.3 is 20.1 Å². The van der Waals surface area contributed by atoms with E-state index in [0.29, 0.717) is 60.9 Å². The van der Waals surface area contributed by atoms with Crippen molar-refractivity contribution in [1.29, 1.82) is 0 Å². The average molecular weight is 1010 g/mol. The molecule has 0 spiro atoms. The van der Waals surface area contributed by atoms with Crippen LogP contribution in [0.15, 0.2) is 156 Å². The van der Waals surface area contributed by atoms with Crippen LogP contribution in [0.25, 0.3) is 0 Å². The van der Waals surface area contributed by atoms with Crippen LogP contribution in [0.4, 0.5) is 31.2 Å². The van der Waals surface area contributed by atoms with Crippen LogP contribution in [0, 0.1) is 13.8 Å². The van der Waals surface area contributed by atoms with E-state index in [4.69, 9.17) is 9.47 Å². The van der Waals surface area contributed by atoms with Crippen LogP contribution >= 0.6 is 34.4 Å². The highest BCUT2D eigenvalue weighted by molar-refractivity contribution is 7.98. The summed E-state index contributed by atoms with van der Waals surface area (Å²) in [6.45, 7) is 3.74. The first-order valence-electron chi connectivity index (χ1n) is 21.1. The van der Waals surface area contributed by atoms with Gasteiger partial charge in [0.05, 0.1) is 47.5 Å². The van der Waals surface area contributed by atoms with Gasteiger partial charge in [0.25, 0.3) is 0 Å². The smallest absolute Gasteiger partial charge is 0.325 e. The molecule has 70 heavy (non-hydrogen) atoms. The van der Waals surface area contributed by atoms with E-state index in [0.717, 1.165) is 32.4 Å². The molecule has 20 heteroatoms. The molecule has 0 aliphatic carbocycles. The quantitative estimate of drug-likeness (QED) is 0.0523. The molecule has 0 saturated heterocycles. The molecule has 4 heterocycles. The number of amides is 4. The van der Waals surface area contributed by atoms with Crippen molar-refractivity contribution in [3.63, 3.8) is 0 Å². The third kappa shape index (κ3) is 13.3. The van der Waals surface area contributed by atoms with E-state index in [-0.39, 0.29) is 27.5 Å². The van der Waals surface area contributed by atoms with Gasteiger partial charge in [-0.15, -0.1) is 34.4 Å². The number of ketones is 2. The lowest BCUT2D eigenvalue weighted by Gasteiger charge is -2.13. The lowest BCUT2D eigenvalue weighted by atomic mass is 9.99. The number of anilines is 4. The van der Waals surface area contributed by atoms with Crippen LogP contribution in [-0.4, -0.2) is 66.2 Å². The Hall–Kier alpha value is -7.78. The van der Waals surface area contributed by atoms with Gasteiger partial charge in [-0.2, -0.15) is 0 Å². The molecular weight excluding hydrogens is 969 g/mol. The van der Waals surface area contributed by atoms with Crippen LogP contribution in [0.2, 0.25) is 0 Å². The Balaban J connectivity index is 0.000000207. The molecule has 0 fully saturated rings. The fraction of sp³-hybridized carbons (Fsp3) is 0.120. The number of nitrogens with zero attached hydrogens (tertiary/aromatic N) is 4. The molecule has 0 atom stereocenters. The normalized spacial score (nSPS) is 10.8. The summed E-state index contributed by atoms with van der Waals surface area (Å²) in [4.78, 5) is 69.9. The van der Waals surface area contributed by atoms with Crippen LogP contribution in [0.3, 0.4) is 0 Å². The number of benzene rings is 4. The number of urea groups is 2. The van der Waals surface area contributed by atoms with Crippen molar-refractivity contribution in [2.24, 2.45) is 0 Å². The first-order chi connectivity index (χ1) is 33.8. The number of ether oxygens (including phenoxy) is 2. The maximum Gasteiger partial charge on any atom is 0.325 e. The van der Waals surface area contributed by atoms with E-state index in [1.54, 1.807) is 115 Å². The van der Waals surface area contributed by atoms with Gasteiger partial charge in [-0.1, -0.05) is 59.7 Å². The largest absolute Gasteiger partial charge is 0.496 e. The number of para-hydroxylation sites is 2. The fourth-order valence-electron chi connectivity index (χ4n) is 6.60. The number of thioether (sulfide) groups is 1. The number of methoxy groups -OCH3 is 2. The van der Waals surface area contributed by atoms with Crippen molar-refractivity contribution >= 4 is 89.5 Å². The minimum absolute atomic E-state index is 0.0303. The lowest BCUT2D eigenvalue weighted by Crippen LogP contribution is -2.21. The van der Waals surface area contributed by atoms with Gasteiger partial charge in [0.15, 0.2) is 26.9 Å². The maximum absolute atomic E-state index is 13.3. The topological polar surface area (TPSA) is 221 Å². The standard InChI is InChI=1S/C25H22N4O5S2.C25H22N4O3S2/c1-16-10-11-20(19(13-16)23(30)18-7-3-4-8-21(18)34-2)28-24(31)29-25-27-14-17(35-25)15-36(32,33)22-9-5-6-12-26-22;1-16-10-11-20(19(13-16)23(30)18-7-3-4-8-21(18)32-2)28-24(31)29-25-27-14-17(34-25)15-33-22-9-5-6-12-26-22/h3-14H,15H2,1-2H3,(H2,27,28,29,31);3-14H,15H2,1-2H3,(H2,27,28,29,31). The van der Waals surface area contributed by atoms with Gasteiger partial charge >= 0.3 is 12.1 Å². The summed E-state index contributed by atoms with van der Waals surface area (Å²) in [6, 6.07) is 33.6. The first kappa shape index (κ1) is 50.1. The summed E-state index contributed by atoms with van der Waals surface area (Å²) in [5.41, 5.74) is 3.94. The molecule has 4 aromatic carbocycles. The van der Waals surface area contributed by atoms with E-state index in [1.165, 1.54) is 44.0 Å². The second-order valence-corrected chi connectivity index (χ2v) is 20.1. The summed E-state index contributed by atoms with van der Waals surface area (Å²) in [6.07, 6.45) is 6.29. The molecule has 356 valence electrons. The fourth-order valence-corrected chi connectivity index (χ4v) is 10.7. The van der Waals surface area contributed by atoms with E-state index >= 15 is 0 Å². The molecule has 8 rings (SSSR count). The number of aryl methyl sites for hydroxylation is 2. The summed E-state index contributed by atoms with van der Waals surface area (Å²) in [7, 11) is -0.640. The van der Waals surface area contributed by atoms with Gasteiger partial charge in [-0.3, -0.25) is 20.2 Å². The zero-order chi connectivity index (χ0) is 49.6. The maximum atomic E-state index is 13.3. The highest BCUT2D eigenvalue weighted by Gasteiger charge is 2.22. The third-order valence-corrected chi connectivity index (χ3v) is 14.6. The number of aromatic nitrogens is 4. The van der Waals surface area contributed by atoms with Crippen LogP contribution in [0.1, 0.15) is 52.7 Å². The summed E-state index contributed by atoms with van der Waals surface area (Å²) in [5, 5.41) is 12.4. The summed E-state index contributed by atoms with van der Waals surface area (Å²) >= 11 is 4.02. The number of sulfone groups is 1. The Morgan fingerprint density at radius 3 is 1.54 bits per heavy atom. The zero-order valence-corrected chi connectivity index (χ0v) is 41.2. The Morgan fingerprint density at radius 2 is 1.04 bits per heavy atom. The molecule has 0 unspecified atom stereocenters. The zero-order valence-electron chi connectivity index (χ0n) is 38.0. The number of thiazole rings is 2. The molecule has 4 N–H and O–H groups in total. The van der Waals surface area contributed by atoms with E-state index in [9.17, 15) is 27.6 Å². The lowest BCUT2D eigenvalue weighted by molar-refractivity contribution is 0.102. The van der Waals surface area contributed by atoms with Crippen LogP contribution in [-0.2, 0) is 21.3 Å². The van der Waals surface area contributed by atoms with Crippen molar-refractivity contribution in [3.8, 4) is 11.5 Å². The number of hydrogen-bond donors (Lipinski definition) is 4. The molecular formula is C50H44N8O8S4. The van der Waals surface area contributed by atoms with E-state index in [1.807, 2.05) is 38.1 Å². The molecule has 8 aromatic rings. The Morgan fingerprint density at radius 1 is 0.557 bits per heavy atom. The van der Waals surface area contributed by atoms with Gasteiger partial charge in [-0.05, 0) is 86.6 Å². The van der Waals surface area contributed by atoms with Gasteiger partial charge in [0, 0.05) is 51.4 Å². The SMILES string of the molecule is COc1ccccc1C(=O)c1cc(C)ccc1NC(=O)Nc1ncc(CS(=O)(=O)c2ccccn2)s1.COc1ccccc1C(=O)c1cc(C)ccc1NC(=O)Nc1ncc(CSc2ccccn2)s1. The van der Waals surface area contributed by atoms with E-state index in [2.05, 4.69) is 41.2 Å². The number of hydrogen-bond acceptors (Lipinski definition) is 15. The molecule has 4 aromatic heterocycles. The Kier molecular flexibility index (Phi) is 16.8. The number of carbonyl (C=O) groups is 4. The number of pyridine rings is 2.